The summed E-state index contributed by atoms with van der Waals surface area (Å²) in [5, 5.41) is 21.9. The Morgan fingerprint density at radius 2 is 1.85 bits per heavy atom. The quantitative estimate of drug-likeness (QED) is 0.354. The maximum Gasteiger partial charge on any atom is 0.205 e. The molecule has 1 aliphatic rings. The van der Waals surface area contributed by atoms with Crippen LogP contribution in [0.4, 0.5) is 0 Å². The summed E-state index contributed by atoms with van der Waals surface area (Å²) in [4.78, 5) is 0. The molecule has 0 aliphatic carbocycles. The van der Waals surface area contributed by atoms with Crippen LogP contribution in [0.3, 0.4) is 0 Å². The van der Waals surface area contributed by atoms with Crippen molar-refractivity contribution in [1.82, 2.24) is 0 Å². The number of hydrogen-bond donors (Lipinski definition) is 2. The minimum Gasteiger partial charge on any atom is -0.508 e. The lowest BCUT2D eigenvalue weighted by Crippen LogP contribution is -2.21. The van der Waals surface area contributed by atoms with Crippen molar-refractivity contribution < 1.29 is 14.6 Å². The zero-order chi connectivity index (χ0) is 22.9. The van der Waals surface area contributed by atoms with Crippen LogP contribution in [0.1, 0.15) is 22.6 Å². The Morgan fingerprint density at radius 1 is 1.03 bits per heavy atom. The van der Waals surface area contributed by atoms with E-state index in [1.165, 1.54) is 11.5 Å². The average Bonchev–Trinajstić information content (AvgIpc) is 2.82. The molecule has 162 valence electrons. The molecule has 0 aromatic heterocycles. The van der Waals surface area contributed by atoms with E-state index >= 15 is 0 Å². The first kappa shape index (κ1) is 20.9. The normalized spacial score (nSPS) is 15.0. The topological polar surface area (TPSA) is 88.5 Å². The zero-order valence-corrected chi connectivity index (χ0v) is 19.0. The number of ether oxygens (including phenoxy) is 2. The van der Waals surface area contributed by atoms with Crippen LogP contribution in [0.15, 0.2) is 94.8 Å². The Hall–Kier alpha value is -3.95. The first-order chi connectivity index (χ1) is 16.0. The molecule has 0 fully saturated rings. The number of nitriles is 1. The predicted molar refractivity (Wildman–Crippen MR) is 130 cm³/mol. The van der Waals surface area contributed by atoms with Crippen LogP contribution in [0, 0.1) is 11.3 Å². The lowest BCUT2D eigenvalue weighted by atomic mass is 9.83. The first-order valence-electron chi connectivity index (χ1n) is 10.3. The van der Waals surface area contributed by atoms with E-state index in [4.69, 9.17) is 15.2 Å². The van der Waals surface area contributed by atoms with Gasteiger partial charge in [-0.3, -0.25) is 0 Å². The maximum absolute atomic E-state index is 9.83. The third kappa shape index (κ3) is 3.88. The molecule has 0 unspecified atom stereocenters. The number of phenols is 1. The van der Waals surface area contributed by atoms with Crippen molar-refractivity contribution in [1.29, 1.82) is 5.26 Å². The Balaban J connectivity index is 1.46. The highest BCUT2D eigenvalue weighted by atomic mass is 79.9. The van der Waals surface area contributed by atoms with Crippen molar-refractivity contribution in [2.45, 2.75) is 12.5 Å². The minimum atomic E-state index is -0.414. The Labute approximate surface area is 199 Å². The molecular formula is C27H19BrN2O3. The largest absolute Gasteiger partial charge is 0.508 e. The summed E-state index contributed by atoms with van der Waals surface area (Å²) in [5.74, 6) is 0.818. The number of allylic oxidation sites excluding steroid dienone is 1. The van der Waals surface area contributed by atoms with E-state index in [0.717, 1.165) is 26.5 Å². The highest BCUT2D eigenvalue weighted by Crippen LogP contribution is 2.44. The van der Waals surface area contributed by atoms with Crippen LogP contribution in [-0.4, -0.2) is 5.11 Å². The number of fused-ring (bicyclic) bond motifs is 2. The molecule has 1 aliphatic heterocycles. The fraction of sp³-hybridized carbons (Fsp3) is 0.0741. The van der Waals surface area contributed by atoms with Crippen molar-refractivity contribution >= 4 is 26.7 Å². The van der Waals surface area contributed by atoms with Gasteiger partial charge in [-0.2, -0.15) is 5.26 Å². The number of halogens is 1. The van der Waals surface area contributed by atoms with Gasteiger partial charge in [-0.05, 0) is 56.0 Å². The number of rotatable bonds is 4. The summed E-state index contributed by atoms with van der Waals surface area (Å²) in [6.07, 6.45) is 0. The molecule has 4 aromatic rings. The molecule has 0 radical (unpaired) electrons. The maximum atomic E-state index is 9.83. The van der Waals surface area contributed by atoms with E-state index < -0.39 is 5.92 Å². The monoisotopic (exact) mass is 498 g/mol. The minimum absolute atomic E-state index is 0.0352. The van der Waals surface area contributed by atoms with Crippen molar-refractivity contribution in [3.63, 3.8) is 0 Å². The van der Waals surface area contributed by atoms with Gasteiger partial charge in [-0.1, -0.05) is 54.6 Å². The molecule has 33 heavy (non-hydrogen) atoms. The standard InChI is InChI=1S/C27H19BrN2O3/c28-23-12-17(26-21-10-9-19(31)13-25(21)33-27(30)22(26)14-29)8-11-24(23)32-15-18-6-3-5-16-4-1-2-7-20(16)18/h1-13,26,31H,15,30H2/t26-/m0/s1. The Kier molecular flexibility index (Phi) is 5.41. The van der Waals surface area contributed by atoms with Crippen molar-refractivity contribution in [3.05, 3.63) is 111 Å². The van der Waals surface area contributed by atoms with Crippen LogP contribution in [-0.2, 0) is 6.61 Å². The van der Waals surface area contributed by atoms with Crippen LogP contribution in [0.5, 0.6) is 17.2 Å². The van der Waals surface area contributed by atoms with Crippen LogP contribution in [0.2, 0.25) is 0 Å². The molecule has 3 N–H and O–H groups in total. The van der Waals surface area contributed by atoms with Gasteiger partial charge in [0.15, 0.2) is 0 Å². The smallest absolute Gasteiger partial charge is 0.205 e. The summed E-state index contributed by atoms with van der Waals surface area (Å²) in [5.41, 5.74) is 9.06. The third-order valence-electron chi connectivity index (χ3n) is 5.76. The van der Waals surface area contributed by atoms with Crippen LogP contribution < -0.4 is 15.2 Å². The molecule has 0 amide bonds. The third-order valence-corrected chi connectivity index (χ3v) is 6.37. The van der Waals surface area contributed by atoms with Gasteiger partial charge in [0.2, 0.25) is 5.88 Å². The number of phenolic OH excluding ortho intramolecular Hbond substituents is 1. The Bertz CT molecular complexity index is 1450. The summed E-state index contributed by atoms with van der Waals surface area (Å²) in [7, 11) is 0. The Morgan fingerprint density at radius 3 is 2.67 bits per heavy atom. The fourth-order valence-corrected chi connectivity index (χ4v) is 4.69. The molecule has 0 saturated carbocycles. The fourth-order valence-electron chi connectivity index (χ4n) is 4.17. The summed E-state index contributed by atoms with van der Waals surface area (Å²) >= 11 is 3.62. The second-order valence-electron chi connectivity index (χ2n) is 7.76. The number of nitrogens with zero attached hydrogens (tertiary/aromatic N) is 1. The van der Waals surface area contributed by atoms with Crippen LogP contribution >= 0.6 is 15.9 Å². The zero-order valence-electron chi connectivity index (χ0n) is 17.5. The number of hydrogen-bond acceptors (Lipinski definition) is 5. The van der Waals surface area contributed by atoms with Gasteiger partial charge in [0, 0.05) is 11.6 Å². The van der Waals surface area contributed by atoms with Crippen LogP contribution in [0.25, 0.3) is 10.8 Å². The molecule has 4 aromatic carbocycles. The average molecular weight is 499 g/mol. The molecular weight excluding hydrogens is 480 g/mol. The van der Waals surface area contributed by atoms with E-state index in [-0.39, 0.29) is 11.6 Å². The molecule has 1 heterocycles. The summed E-state index contributed by atoms with van der Waals surface area (Å²) in [6, 6.07) is 27.1. The van der Waals surface area contributed by atoms with Gasteiger partial charge in [0.05, 0.1) is 10.4 Å². The van der Waals surface area contributed by atoms with E-state index in [1.54, 1.807) is 12.1 Å². The van der Waals surface area contributed by atoms with E-state index in [0.29, 0.717) is 23.7 Å². The van der Waals surface area contributed by atoms with E-state index in [2.05, 4.69) is 46.3 Å². The molecule has 1 atom stereocenters. The van der Waals surface area contributed by atoms with Gasteiger partial charge < -0.3 is 20.3 Å². The van der Waals surface area contributed by atoms with Gasteiger partial charge in [0.1, 0.15) is 35.5 Å². The lowest BCUT2D eigenvalue weighted by molar-refractivity contribution is 0.305. The van der Waals surface area contributed by atoms with Gasteiger partial charge in [-0.25, -0.2) is 0 Å². The first-order valence-corrected chi connectivity index (χ1v) is 11.1. The lowest BCUT2D eigenvalue weighted by Gasteiger charge is -2.26. The molecule has 5 rings (SSSR count). The van der Waals surface area contributed by atoms with Gasteiger partial charge in [-0.15, -0.1) is 0 Å². The second kappa shape index (κ2) is 8.53. The molecule has 0 saturated heterocycles. The van der Waals surface area contributed by atoms with Crippen molar-refractivity contribution in [2.24, 2.45) is 5.73 Å². The van der Waals surface area contributed by atoms with Crippen molar-refractivity contribution in [3.8, 4) is 23.3 Å². The SMILES string of the molecule is N#CC1=C(N)Oc2cc(O)ccc2[C@@H]1c1ccc(OCc2cccc3ccccc23)c(Br)c1. The highest BCUT2D eigenvalue weighted by molar-refractivity contribution is 9.10. The second-order valence-corrected chi connectivity index (χ2v) is 8.62. The molecule has 0 spiro atoms. The van der Waals surface area contributed by atoms with E-state index in [1.807, 2.05) is 36.4 Å². The number of benzene rings is 4. The molecule has 0 bridgehead atoms. The number of aromatic hydroxyl groups is 1. The molecule has 6 heteroatoms. The summed E-state index contributed by atoms with van der Waals surface area (Å²) in [6.45, 7) is 0.426. The predicted octanol–water partition coefficient (Wildman–Crippen LogP) is 6.11. The molecule has 5 nitrogen and oxygen atoms in total. The highest BCUT2D eigenvalue weighted by Gasteiger charge is 2.31. The van der Waals surface area contributed by atoms with Gasteiger partial charge >= 0.3 is 0 Å². The number of nitrogens with two attached hydrogens (primary N) is 1. The van der Waals surface area contributed by atoms with E-state index in [9.17, 15) is 10.4 Å². The van der Waals surface area contributed by atoms with Gasteiger partial charge in [0.25, 0.3) is 0 Å². The van der Waals surface area contributed by atoms with Crippen molar-refractivity contribution in [2.75, 3.05) is 0 Å². The summed E-state index contributed by atoms with van der Waals surface area (Å²) < 4.78 is 12.5.